The standard InChI is InChI=1S/C20H29NO3/c1-15-18(21-17-10-6-5-9-16(17)19(15)22)13-23-11-7-8-12-24-14-20(2,3)4/h5-6,9-10H,7-8,11-14H2,1-4H3,(H,21,22). The van der Waals surface area contributed by atoms with Gasteiger partial charge in [0, 0.05) is 35.4 Å². The van der Waals surface area contributed by atoms with Crippen LogP contribution >= 0.6 is 0 Å². The highest BCUT2D eigenvalue weighted by Crippen LogP contribution is 2.13. The molecular weight excluding hydrogens is 302 g/mol. The number of aromatic amines is 1. The molecule has 0 radical (unpaired) electrons. The van der Waals surface area contributed by atoms with Crippen molar-refractivity contribution in [2.75, 3.05) is 19.8 Å². The minimum Gasteiger partial charge on any atom is -0.381 e. The maximum atomic E-state index is 12.3. The molecule has 0 bridgehead atoms. The Labute approximate surface area is 144 Å². The molecule has 0 amide bonds. The van der Waals surface area contributed by atoms with Crippen molar-refractivity contribution < 1.29 is 9.47 Å². The number of nitrogens with one attached hydrogen (secondary N) is 1. The Morgan fingerprint density at radius 1 is 1.04 bits per heavy atom. The van der Waals surface area contributed by atoms with Crippen molar-refractivity contribution in [1.82, 2.24) is 4.98 Å². The minimum atomic E-state index is 0.0820. The van der Waals surface area contributed by atoms with Gasteiger partial charge < -0.3 is 14.5 Å². The molecule has 0 atom stereocenters. The summed E-state index contributed by atoms with van der Waals surface area (Å²) in [6.07, 6.45) is 1.95. The monoisotopic (exact) mass is 331 g/mol. The first kappa shape index (κ1) is 18.7. The lowest BCUT2D eigenvalue weighted by Crippen LogP contribution is -2.15. The van der Waals surface area contributed by atoms with E-state index in [4.69, 9.17) is 9.47 Å². The number of unbranched alkanes of at least 4 members (excludes halogenated alkanes) is 1. The first-order valence-corrected chi connectivity index (χ1v) is 8.64. The van der Waals surface area contributed by atoms with Gasteiger partial charge in [-0.2, -0.15) is 0 Å². The molecule has 0 spiro atoms. The number of para-hydroxylation sites is 1. The van der Waals surface area contributed by atoms with E-state index in [1.54, 1.807) is 0 Å². The quantitative estimate of drug-likeness (QED) is 0.738. The van der Waals surface area contributed by atoms with Gasteiger partial charge in [-0.15, -0.1) is 0 Å². The Morgan fingerprint density at radius 2 is 1.71 bits per heavy atom. The molecule has 2 rings (SSSR count). The molecule has 0 aliphatic rings. The predicted octanol–water partition coefficient (Wildman–Crippen LogP) is 4.20. The van der Waals surface area contributed by atoms with Gasteiger partial charge in [-0.3, -0.25) is 4.79 Å². The summed E-state index contributed by atoms with van der Waals surface area (Å²) in [5, 5.41) is 0.731. The van der Waals surface area contributed by atoms with Crippen molar-refractivity contribution in [3.63, 3.8) is 0 Å². The Balaban J connectivity index is 1.76. The number of fused-ring (bicyclic) bond motifs is 1. The summed E-state index contributed by atoms with van der Waals surface area (Å²) in [6.45, 7) is 11.0. The number of aromatic nitrogens is 1. The van der Waals surface area contributed by atoms with Crippen molar-refractivity contribution in [3.05, 3.63) is 45.7 Å². The molecule has 0 aliphatic carbocycles. The Hall–Kier alpha value is -1.65. The molecule has 4 heteroatoms. The van der Waals surface area contributed by atoms with Gasteiger partial charge in [-0.05, 0) is 37.3 Å². The molecule has 0 aliphatic heterocycles. The first-order chi connectivity index (χ1) is 11.4. The smallest absolute Gasteiger partial charge is 0.192 e. The molecule has 0 saturated heterocycles. The molecule has 0 saturated carbocycles. The van der Waals surface area contributed by atoms with Crippen LogP contribution < -0.4 is 5.43 Å². The molecule has 2 aromatic rings. The lowest BCUT2D eigenvalue weighted by atomic mass is 9.99. The second kappa shape index (κ2) is 8.45. The third-order valence-corrected chi connectivity index (χ3v) is 3.86. The Bertz CT molecular complexity index is 713. The van der Waals surface area contributed by atoms with Gasteiger partial charge in [0.2, 0.25) is 0 Å². The van der Waals surface area contributed by atoms with E-state index in [2.05, 4.69) is 25.8 Å². The normalized spacial score (nSPS) is 12.0. The van der Waals surface area contributed by atoms with Crippen LogP contribution in [0.4, 0.5) is 0 Å². The number of hydrogen-bond donors (Lipinski definition) is 1. The van der Waals surface area contributed by atoms with E-state index in [9.17, 15) is 4.79 Å². The van der Waals surface area contributed by atoms with Crippen LogP contribution in [0.15, 0.2) is 29.1 Å². The summed E-state index contributed by atoms with van der Waals surface area (Å²) < 4.78 is 11.4. The van der Waals surface area contributed by atoms with Crippen molar-refractivity contribution in [2.24, 2.45) is 5.41 Å². The zero-order valence-electron chi connectivity index (χ0n) is 15.3. The van der Waals surface area contributed by atoms with E-state index in [1.807, 2.05) is 31.2 Å². The zero-order valence-corrected chi connectivity index (χ0v) is 15.3. The Kier molecular flexibility index (Phi) is 6.58. The van der Waals surface area contributed by atoms with Crippen LogP contribution in [0.5, 0.6) is 0 Å². The fourth-order valence-electron chi connectivity index (χ4n) is 2.49. The summed E-state index contributed by atoms with van der Waals surface area (Å²) in [4.78, 5) is 15.7. The van der Waals surface area contributed by atoms with Crippen molar-refractivity contribution in [2.45, 2.75) is 47.1 Å². The maximum absolute atomic E-state index is 12.3. The molecule has 1 aromatic heterocycles. The van der Waals surface area contributed by atoms with Crippen LogP contribution in [0.3, 0.4) is 0 Å². The molecule has 1 heterocycles. The van der Waals surface area contributed by atoms with Gasteiger partial charge in [-0.1, -0.05) is 32.9 Å². The van der Waals surface area contributed by atoms with Crippen LogP contribution in [0, 0.1) is 12.3 Å². The summed E-state index contributed by atoms with van der Waals surface area (Å²) >= 11 is 0. The molecule has 1 aromatic carbocycles. The maximum Gasteiger partial charge on any atom is 0.192 e. The fraction of sp³-hybridized carbons (Fsp3) is 0.550. The predicted molar refractivity (Wildman–Crippen MR) is 98.5 cm³/mol. The first-order valence-electron chi connectivity index (χ1n) is 8.64. The van der Waals surface area contributed by atoms with Crippen LogP contribution in [0.1, 0.15) is 44.9 Å². The summed E-state index contributed by atoms with van der Waals surface area (Å²) in [6, 6.07) is 7.58. The van der Waals surface area contributed by atoms with Crippen LogP contribution in [0.25, 0.3) is 10.9 Å². The van der Waals surface area contributed by atoms with Crippen LogP contribution in [-0.2, 0) is 16.1 Å². The van der Waals surface area contributed by atoms with E-state index in [-0.39, 0.29) is 10.8 Å². The summed E-state index contributed by atoms with van der Waals surface area (Å²) in [7, 11) is 0. The van der Waals surface area contributed by atoms with Gasteiger partial charge in [0.05, 0.1) is 13.2 Å². The number of benzene rings is 1. The van der Waals surface area contributed by atoms with Crippen LogP contribution in [-0.4, -0.2) is 24.8 Å². The third-order valence-electron chi connectivity index (χ3n) is 3.86. The largest absolute Gasteiger partial charge is 0.381 e. The average Bonchev–Trinajstić information content (AvgIpc) is 2.53. The van der Waals surface area contributed by atoms with E-state index < -0.39 is 0 Å². The van der Waals surface area contributed by atoms with Gasteiger partial charge in [-0.25, -0.2) is 0 Å². The number of hydrogen-bond acceptors (Lipinski definition) is 3. The van der Waals surface area contributed by atoms with Gasteiger partial charge in [0.15, 0.2) is 5.43 Å². The van der Waals surface area contributed by atoms with E-state index in [0.717, 1.165) is 48.2 Å². The summed E-state index contributed by atoms with van der Waals surface area (Å²) in [5.41, 5.74) is 2.77. The van der Waals surface area contributed by atoms with Crippen molar-refractivity contribution >= 4 is 10.9 Å². The second-order valence-corrected chi connectivity index (χ2v) is 7.48. The third kappa shape index (κ3) is 5.46. The lowest BCUT2D eigenvalue weighted by Gasteiger charge is -2.17. The van der Waals surface area contributed by atoms with Crippen molar-refractivity contribution in [3.8, 4) is 0 Å². The second-order valence-electron chi connectivity index (χ2n) is 7.48. The molecule has 1 N–H and O–H groups in total. The minimum absolute atomic E-state index is 0.0820. The highest BCUT2D eigenvalue weighted by Gasteiger charge is 2.10. The Morgan fingerprint density at radius 3 is 2.42 bits per heavy atom. The van der Waals surface area contributed by atoms with Crippen LogP contribution in [0.2, 0.25) is 0 Å². The summed E-state index contributed by atoms with van der Waals surface area (Å²) in [5.74, 6) is 0. The SMILES string of the molecule is Cc1c(COCCCCOCC(C)(C)C)[nH]c2ccccc2c1=O. The topological polar surface area (TPSA) is 51.3 Å². The number of pyridine rings is 1. The molecule has 0 fully saturated rings. The fourth-order valence-corrected chi connectivity index (χ4v) is 2.49. The number of rotatable bonds is 8. The highest BCUT2D eigenvalue weighted by molar-refractivity contribution is 5.79. The van der Waals surface area contributed by atoms with E-state index >= 15 is 0 Å². The van der Waals surface area contributed by atoms with Crippen molar-refractivity contribution in [1.29, 1.82) is 0 Å². The highest BCUT2D eigenvalue weighted by atomic mass is 16.5. The lowest BCUT2D eigenvalue weighted by molar-refractivity contribution is 0.0595. The van der Waals surface area contributed by atoms with Gasteiger partial charge >= 0.3 is 0 Å². The average molecular weight is 331 g/mol. The molecule has 24 heavy (non-hydrogen) atoms. The molecule has 0 unspecified atom stereocenters. The zero-order chi connectivity index (χ0) is 17.6. The van der Waals surface area contributed by atoms with E-state index in [0.29, 0.717) is 13.2 Å². The number of H-pyrrole nitrogens is 1. The van der Waals surface area contributed by atoms with Gasteiger partial charge in [0.1, 0.15) is 0 Å². The van der Waals surface area contributed by atoms with Gasteiger partial charge in [0.25, 0.3) is 0 Å². The number of ether oxygens (including phenoxy) is 2. The molecule has 4 nitrogen and oxygen atoms in total. The molecule has 132 valence electrons. The molecular formula is C20H29NO3. The van der Waals surface area contributed by atoms with E-state index in [1.165, 1.54) is 0 Å².